The minimum atomic E-state index is -0.341. The van der Waals surface area contributed by atoms with E-state index in [1.165, 1.54) is 17.5 Å². The van der Waals surface area contributed by atoms with Crippen molar-refractivity contribution in [1.82, 2.24) is 5.32 Å². The summed E-state index contributed by atoms with van der Waals surface area (Å²) in [4.78, 5) is 0. The van der Waals surface area contributed by atoms with Crippen LogP contribution < -0.4 is 10.1 Å². The number of hydrogen-bond acceptors (Lipinski definition) is 4. The summed E-state index contributed by atoms with van der Waals surface area (Å²) in [6.45, 7) is 2.90. The number of aryl methyl sites for hydroxylation is 1. The van der Waals surface area contributed by atoms with Crippen LogP contribution in [-0.4, -0.2) is 29.5 Å². The van der Waals surface area contributed by atoms with Crippen LogP contribution in [0.15, 0.2) is 42.5 Å². The highest BCUT2D eigenvalue weighted by Gasteiger charge is 2.57. The number of nitrogens with one attached hydrogen (secondary N) is 1. The second-order valence-electron chi connectivity index (χ2n) is 9.82. The number of benzene rings is 2. The Morgan fingerprint density at radius 2 is 2.00 bits per heavy atom. The number of aliphatic hydroxyl groups excluding tert-OH is 1. The van der Waals surface area contributed by atoms with Crippen LogP contribution in [0.25, 0.3) is 0 Å². The quantitative estimate of drug-likeness (QED) is 0.704. The SMILES string of the molecule is COc1ccc2c(c1)CCC1C2CC[C@@]2(C)C1C[C@@H](NCc1ccccc1O)[C@@H]2O. The molecule has 0 bridgehead atoms. The number of fused-ring (bicyclic) bond motifs is 5. The fourth-order valence-electron chi connectivity index (χ4n) is 6.80. The van der Waals surface area contributed by atoms with E-state index in [-0.39, 0.29) is 17.6 Å². The molecule has 3 aliphatic carbocycles. The third-order valence-corrected chi connectivity index (χ3v) is 8.48. The summed E-state index contributed by atoms with van der Waals surface area (Å²) in [5.74, 6) is 3.04. The number of phenolic OH excluding ortho intramolecular Hbond substituents is 1. The normalized spacial score (nSPS) is 34.7. The van der Waals surface area contributed by atoms with Crippen LogP contribution in [0.1, 0.15) is 55.2 Å². The fourth-order valence-corrected chi connectivity index (χ4v) is 6.80. The van der Waals surface area contributed by atoms with Crippen LogP contribution in [0.2, 0.25) is 0 Å². The molecule has 0 spiro atoms. The van der Waals surface area contributed by atoms with Gasteiger partial charge in [-0.15, -0.1) is 0 Å². The zero-order valence-electron chi connectivity index (χ0n) is 18.0. The first-order chi connectivity index (χ1) is 14.5. The van der Waals surface area contributed by atoms with Crippen molar-refractivity contribution in [3.8, 4) is 11.5 Å². The predicted molar refractivity (Wildman–Crippen MR) is 118 cm³/mol. The molecule has 3 N–H and O–H groups in total. The summed E-state index contributed by atoms with van der Waals surface area (Å²) >= 11 is 0. The van der Waals surface area contributed by atoms with Crippen molar-refractivity contribution in [2.45, 2.75) is 63.6 Å². The van der Waals surface area contributed by atoms with Gasteiger partial charge in [0.25, 0.3) is 0 Å². The average Bonchev–Trinajstić information content (AvgIpc) is 3.03. The Hall–Kier alpha value is -2.04. The minimum Gasteiger partial charge on any atom is -0.508 e. The highest BCUT2D eigenvalue weighted by atomic mass is 16.5. The largest absolute Gasteiger partial charge is 0.508 e. The first-order valence-corrected chi connectivity index (χ1v) is 11.4. The molecule has 4 heteroatoms. The summed E-state index contributed by atoms with van der Waals surface area (Å²) in [7, 11) is 1.74. The lowest BCUT2D eigenvalue weighted by molar-refractivity contribution is -0.0281. The Kier molecular flexibility index (Phi) is 5.03. The van der Waals surface area contributed by atoms with Crippen molar-refractivity contribution < 1.29 is 14.9 Å². The second-order valence-corrected chi connectivity index (χ2v) is 9.82. The molecule has 4 nitrogen and oxygen atoms in total. The molecule has 0 radical (unpaired) electrons. The summed E-state index contributed by atoms with van der Waals surface area (Å²) < 4.78 is 5.44. The van der Waals surface area contributed by atoms with E-state index in [1.54, 1.807) is 13.2 Å². The standard InChI is InChI=1S/C26H33NO3/c1-26-12-11-20-19-10-8-18(30-2)13-16(19)7-9-21(20)22(26)14-23(25(26)29)27-15-17-5-3-4-6-24(17)28/h3-6,8,10,13,20-23,25,27-29H,7,9,11-12,14-15H2,1-2H3/t20?,21?,22?,23-,25+,26+/m1/s1. The number of ether oxygens (including phenoxy) is 1. The number of methoxy groups -OCH3 is 1. The van der Waals surface area contributed by atoms with Crippen LogP contribution >= 0.6 is 0 Å². The number of rotatable bonds is 4. The lowest BCUT2D eigenvalue weighted by Crippen LogP contribution is -2.46. The van der Waals surface area contributed by atoms with Crippen LogP contribution in [0.5, 0.6) is 11.5 Å². The first kappa shape index (κ1) is 19.9. The van der Waals surface area contributed by atoms with E-state index >= 15 is 0 Å². The molecule has 0 amide bonds. The molecule has 3 aliphatic rings. The molecule has 2 fully saturated rings. The van der Waals surface area contributed by atoms with Crippen molar-refractivity contribution >= 4 is 0 Å². The Bertz CT molecular complexity index is 928. The van der Waals surface area contributed by atoms with E-state index in [4.69, 9.17) is 4.74 Å². The maximum absolute atomic E-state index is 11.3. The van der Waals surface area contributed by atoms with Gasteiger partial charge in [-0.3, -0.25) is 0 Å². The third-order valence-electron chi connectivity index (χ3n) is 8.48. The van der Waals surface area contributed by atoms with Crippen LogP contribution in [0.4, 0.5) is 0 Å². The molecule has 5 rings (SSSR count). The van der Waals surface area contributed by atoms with Gasteiger partial charge in [0.05, 0.1) is 13.2 Å². The summed E-state index contributed by atoms with van der Waals surface area (Å²) in [6.07, 6.45) is 5.20. The van der Waals surface area contributed by atoms with Gasteiger partial charge in [-0.25, -0.2) is 0 Å². The zero-order chi connectivity index (χ0) is 20.9. The Labute approximate surface area is 179 Å². The molecule has 2 aromatic carbocycles. The van der Waals surface area contributed by atoms with Gasteiger partial charge in [-0.2, -0.15) is 0 Å². The number of hydrogen-bond donors (Lipinski definition) is 3. The molecular weight excluding hydrogens is 374 g/mol. The summed E-state index contributed by atoms with van der Waals surface area (Å²) in [5.41, 5.74) is 3.82. The van der Waals surface area contributed by atoms with Crippen molar-refractivity contribution in [2.24, 2.45) is 17.3 Å². The van der Waals surface area contributed by atoms with Gasteiger partial charge in [0, 0.05) is 18.2 Å². The zero-order valence-corrected chi connectivity index (χ0v) is 18.0. The smallest absolute Gasteiger partial charge is 0.120 e. The van der Waals surface area contributed by atoms with Crippen molar-refractivity contribution in [3.63, 3.8) is 0 Å². The number of phenols is 1. The van der Waals surface area contributed by atoms with Gasteiger partial charge in [0.15, 0.2) is 0 Å². The number of aromatic hydroxyl groups is 1. The van der Waals surface area contributed by atoms with Crippen LogP contribution in [0, 0.1) is 17.3 Å². The molecule has 3 unspecified atom stereocenters. The molecule has 0 aromatic heterocycles. The minimum absolute atomic E-state index is 0.0263. The molecule has 160 valence electrons. The molecule has 0 heterocycles. The average molecular weight is 408 g/mol. The van der Waals surface area contributed by atoms with Crippen LogP contribution in [-0.2, 0) is 13.0 Å². The Morgan fingerprint density at radius 3 is 2.80 bits per heavy atom. The van der Waals surface area contributed by atoms with Gasteiger partial charge in [0.2, 0.25) is 0 Å². The van der Waals surface area contributed by atoms with Crippen LogP contribution in [0.3, 0.4) is 0 Å². The van der Waals surface area contributed by atoms with Crippen molar-refractivity contribution in [1.29, 1.82) is 0 Å². The third kappa shape index (κ3) is 3.12. The predicted octanol–water partition coefficient (Wildman–Crippen LogP) is 4.39. The van der Waals surface area contributed by atoms with E-state index in [9.17, 15) is 10.2 Å². The molecule has 6 atom stereocenters. The molecule has 0 saturated heterocycles. The monoisotopic (exact) mass is 407 g/mol. The summed E-state index contributed by atoms with van der Waals surface area (Å²) in [6, 6.07) is 14.2. The molecule has 30 heavy (non-hydrogen) atoms. The lowest BCUT2D eigenvalue weighted by atomic mass is 9.55. The van der Waals surface area contributed by atoms with Gasteiger partial charge in [-0.1, -0.05) is 31.2 Å². The lowest BCUT2D eigenvalue weighted by Gasteiger charge is -2.50. The summed E-state index contributed by atoms with van der Waals surface area (Å²) in [5, 5.41) is 25.0. The Morgan fingerprint density at radius 1 is 1.17 bits per heavy atom. The topological polar surface area (TPSA) is 61.7 Å². The van der Waals surface area contributed by atoms with E-state index in [1.807, 2.05) is 18.2 Å². The van der Waals surface area contributed by atoms with E-state index in [0.29, 0.717) is 30.0 Å². The Balaban J connectivity index is 1.35. The van der Waals surface area contributed by atoms with Crippen molar-refractivity contribution in [2.75, 3.05) is 7.11 Å². The molecule has 0 aliphatic heterocycles. The van der Waals surface area contributed by atoms with Gasteiger partial charge in [-0.05, 0) is 84.6 Å². The highest BCUT2D eigenvalue weighted by Crippen LogP contribution is 2.61. The number of para-hydroxylation sites is 1. The molecule has 2 aromatic rings. The van der Waals surface area contributed by atoms with Crippen molar-refractivity contribution in [3.05, 3.63) is 59.2 Å². The maximum Gasteiger partial charge on any atom is 0.120 e. The van der Waals surface area contributed by atoms with E-state index in [0.717, 1.165) is 37.0 Å². The second kappa shape index (κ2) is 7.58. The molecular formula is C26H33NO3. The number of aliphatic hydroxyl groups is 1. The van der Waals surface area contributed by atoms with Gasteiger partial charge < -0.3 is 20.3 Å². The van der Waals surface area contributed by atoms with E-state index < -0.39 is 0 Å². The highest BCUT2D eigenvalue weighted by molar-refractivity contribution is 5.41. The molecule has 2 saturated carbocycles. The van der Waals surface area contributed by atoms with Gasteiger partial charge >= 0.3 is 0 Å². The fraction of sp³-hybridized carbons (Fsp3) is 0.538. The van der Waals surface area contributed by atoms with E-state index in [2.05, 4.69) is 30.4 Å². The first-order valence-electron chi connectivity index (χ1n) is 11.4. The van der Waals surface area contributed by atoms with Gasteiger partial charge in [0.1, 0.15) is 11.5 Å². The maximum atomic E-state index is 11.3.